The van der Waals surface area contributed by atoms with E-state index in [1.165, 1.54) is 10.9 Å². The average Bonchev–Trinajstić information content (AvgIpc) is 2.92. The molecule has 0 saturated carbocycles. The fraction of sp³-hybridized carbons (Fsp3) is 0.238. The Morgan fingerprint density at radius 1 is 1.15 bits per heavy atom. The van der Waals surface area contributed by atoms with Crippen LogP contribution in [-0.2, 0) is 11.3 Å². The topological polar surface area (TPSA) is 97.2 Å². The second-order valence-electron chi connectivity index (χ2n) is 6.69. The fourth-order valence-corrected chi connectivity index (χ4v) is 3.09. The molecular formula is C21H23N3O3. The quantitative estimate of drug-likeness (QED) is 0.626. The number of benzene rings is 2. The maximum Gasteiger partial charge on any atom is 0.255 e. The molecule has 6 heteroatoms. The number of nitrogens with two attached hydrogens (primary N) is 1. The van der Waals surface area contributed by atoms with Crippen LogP contribution in [0.15, 0.2) is 36.4 Å². The summed E-state index contributed by atoms with van der Waals surface area (Å²) in [4.78, 5) is 26.8. The Morgan fingerprint density at radius 2 is 1.93 bits per heavy atom. The van der Waals surface area contributed by atoms with E-state index in [-0.39, 0.29) is 12.5 Å². The third kappa shape index (κ3) is 4.11. The molecule has 0 radical (unpaired) electrons. The number of H-pyrrole nitrogens is 1. The number of carbonyl (C=O) groups is 2. The number of primary amides is 1. The Hall–Kier alpha value is -3.28. The van der Waals surface area contributed by atoms with Gasteiger partial charge < -0.3 is 20.8 Å². The predicted octanol–water partition coefficient (Wildman–Crippen LogP) is 2.89. The summed E-state index contributed by atoms with van der Waals surface area (Å²) in [5.41, 5.74) is 11.1. The van der Waals surface area contributed by atoms with Gasteiger partial charge in [0.25, 0.3) is 11.8 Å². The summed E-state index contributed by atoms with van der Waals surface area (Å²) in [5, 5.41) is 4.13. The number of amides is 2. The van der Waals surface area contributed by atoms with Gasteiger partial charge >= 0.3 is 0 Å². The van der Waals surface area contributed by atoms with Crippen LogP contribution in [0.3, 0.4) is 0 Å². The largest absolute Gasteiger partial charge is 0.484 e. The molecule has 0 aliphatic heterocycles. The van der Waals surface area contributed by atoms with Crippen LogP contribution in [0, 0.1) is 20.8 Å². The van der Waals surface area contributed by atoms with Gasteiger partial charge in [-0.1, -0.05) is 17.7 Å². The van der Waals surface area contributed by atoms with Crippen molar-refractivity contribution in [2.75, 3.05) is 6.61 Å². The summed E-state index contributed by atoms with van der Waals surface area (Å²) in [7, 11) is 0. The highest BCUT2D eigenvalue weighted by molar-refractivity contribution is 5.95. The first-order chi connectivity index (χ1) is 12.8. The smallest absolute Gasteiger partial charge is 0.255 e. The molecule has 0 aliphatic rings. The highest BCUT2D eigenvalue weighted by atomic mass is 16.5. The molecule has 0 bridgehead atoms. The van der Waals surface area contributed by atoms with Crippen molar-refractivity contribution < 1.29 is 14.3 Å². The van der Waals surface area contributed by atoms with Gasteiger partial charge in [0, 0.05) is 23.2 Å². The van der Waals surface area contributed by atoms with Crippen molar-refractivity contribution in [3.05, 3.63) is 64.3 Å². The summed E-state index contributed by atoms with van der Waals surface area (Å²) < 4.78 is 5.25. The van der Waals surface area contributed by atoms with Crippen molar-refractivity contribution >= 4 is 22.7 Å². The summed E-state index contributed by atoms with van der Waals surface area (Å²) in [6.07, 6.45) is 0. The minimum Gasteiger partial charge on any atom is -0.484 e. The molecule has 0 saturated heterocycles. The first-order valence-corrected chi connectivity index (χ1v) is 8.73. The lowest BCUT2D eigenvalue weighted by molar-refractivity contribution is -0.119. The molecule has 27 heavy (non-hydrogen) atoms. The van der Waals surface area contributed by atoms with E-state index in [1.54, 1.807) is 24.3 Å². The number of nitrogens with one attached hydrogen (secondary N) is 2. The third-order valence-corrected chi connectivity index (χ3v) is 4.56. The maximum atomic E-state index is 12.5. The lowest BCUT2D eigenvalue weighted by Crippen LogP contribution is -2.23. The van der Waals surface area contributed by atoms with Gasteiger partial charge in [0.2, 0.25) is 0 Å². The maximum absolute atomic E-state index is 12.5. The van der Waals surface area contributed by atoms with Crippen molar-refractivity contribution in [3.8, 4) is 5.75 Å². The molecule has 1 heterocycles. The van der Waals surface area contributed by atoms with Crippen LogP contribution in [0.1, 0.15) is 32.7 Å². The molecule has 0 spiro atoms. The highest BCUT2D eigenvalue weighted by Crippen LogP contribution is 2.26. The van der Waals surface area contributed by atoms with Crippen molar-refractivity contribution in [1.29, 1.82) is 0 Å². The zero-order valence-electron chi connectivity index (χ0n) is 15.7. The molecule has 140 valence electrons. The van der Waals surface area contributed by atoms with Gasteiger partial charge in [-0.05, 0) is 56.2 Å². The van der Waals surface area contributed by atoms with Crippen LogP contribution in [0.2, 0.25) is 0 Å². The summed E-state index contributed by atoms with van der Waals surface area (Å²) in [6.45, 7) is 6.37. The fourth-order valence-electron chi connectivity index (χ4n) is 3.09. The number of carbonyl (C=O) groups excluding carboxylic acids is 2. The first-order valence-electron chi connectivity index (χ1n) is 8.73. The van der Waals surface area contributed by atoms with Gasteiger partial charge in [-0.2, -0.15) is 0 Å². The summed E-state index contributed by atoms with van der Waals surface area (Å²) in [6, 6.07) is 10.9. The number of aromatic amines is 1. The Morgan fingerprint density at radius 3 is 2.67 bits per heavy atom. The Kier molecular flexibility index (Phi) is 5.16. The second kappa shape index (κ2) is 7.53. The molecule has 6 nitrogen and oxygen atoms in total. The molecule has 4 N–H and O–H groups in total. The number of hydrogen-bond donors (Lipinski definition) is 3. The molecule has 0 atom stereocenters. The standard InChI is InChI=1S/C21H23N3O3/c1-12-7-16(20-18(8-12)13(2)14(3)24-20)10-23-21(26)15-5-4-6-17(9-15)27-11-19(22)25/h4-9,24H,10-11H2,1-3H3,(H2,22,25)(H,23,26). The number of aryl methyl sites for hydroxylation is 3. The van der Waals surface area contributed by atoms with Crippen LogP contribution in [0.25, 0.3) is 10.9 Å². The van der Waals surface area contributed by atoms with Crippen molar-refractivity contribution in [1.82, 2.24) is 10.3 Å². The van der Waals surface area contributed by atoms with Gasteiger partial charge in [0.15, 0.2) is 6.61 Å². The van der Waals surface area contributed by atoms with E-state index in [4.69, 9.17) is 10.5 Å². The van der Waals surface area contributed by atoms with E-state index in [0.29, 0.717) is 17.9 Å². The van der Waals surface area contributed by atoms with Crippen molar-refractivity contribution in [3.63, 3.8) is 0 Å². The second-order valence-corrected chi connectivity index (χ2v) is 6.69. The van der Waals surface area contributed by atoms with Gasteiger partial charge in [-0.3, -0.25) is 9.59 Å². The molecule has 3 rings (SSSR count). The zero-order valence-corrected chi connectivity index (χ0v) is 15.7. The van der Waals surface area contributed by atoms with Crippen molar-refractivity contribution in [2.45, 2.75) is 27.3 Å². The predicted molar refractivity (Wildman–Crippen MR) is 105 cm³/mol. The molecule has 2 amide bonds. The number of fused-ring (bicyclic) bond motifs is 1. The van der Waals surface area contributed by atoms with Crippen LogP contribution in [-0.4, -0.2) is 23.4 Å². The number of hydrogen-bond acceptors (Lipinski definition) is 3. The van der Waals surface area contributed by atoms with Crippen LogP contribution >= 0.6 is 0 Å². The SMILES string of the molecule is Cc1cc(CNC(=O)c2cccc(OCC(N)=O)c2)c2[nH]c(C)c(C)c2c1. The van der Waals surface area contributed by atoms with E-state index >= 15 is 0 Å². The van der Waals surface area contributed by atoms with E-state index in [1.807, 2.05) is 13.8 Å². The van der Waals surface area contributed by atoms with Gasteiger partial charge in [0.1, 0.15) is 5.75 Å². The lowest BCUT2D eigenvalue weighted by atomic mass is 10.0. The third-order valence-electron chi connectivity index (χ3n) is 4.56. The normalized spacial score (nSPS) is 10.8. The van der Waals surface area contributed by atoms with Crippen molar-refractivity contribution in [2.24, 2.45) is 5.73 Å². The minimum absolute atomic E-state index is 0.214. The monoisotopic (exact) mass is 365 g/mol. The van der Waals surface area contributed by atoms with Gasteiger partial charge in [-0.15, -0.1) is 0 Å². The Balaban J connectivity index is 1.76. The molecule has 2 aromatic carbocycles. The number of aromatic nitrogens is 1. The van der Waals surface area contributed by atoms with Gasteiger partial charge in [-0.25, -0.2) is 0 Å². The molecule has 0 aliphatic carbocycles. The number of ether oxygens (including phenoxy) is 1. The molecule has 3 aromatic rings. The van der Waals surface area contributed by atoms with E-state index < -0.39 is 5.91 Å². The minimum atomic E-state index is -0.565. The molecule has 0 fully saturated rings. The lowest BCUT2D eigenvalue weighted by Gasteiger charge is -2.09. The highest BCUT2D eigenvalue weighted by Gasteiger charge is 2.12. The van der Waals surface area contributed by atoms with Crippen LogP contribution in [0.4, 0.5) is 0 Å². The van der Waals surface area contributed by atoms with E-state index in [9.17, 15) is 9.59 Å². The Bertz CT molecular complexity index is 1020. The number of rotatable bonds is 6. The van der Waals surface area contributed by atoms with Crippen LogP contribution in [0.5, 0.6) is 5.75 Å². The first kappa shape index (κ1) is 18.5. The molecule has 0 unspecified atom stereocenters. The van der Waals surface area contributed by atoms with E-state index in [0.717, 1.165) is 22.3 Å². The van der Waals surface area contributed by atoms with Crippen LogP contribution < -0.4 is 15.8 Å². The summed E-state index contributed by atoms with van der Waals surface area (Å²) in [5.74, 6) is -0.353. The zero-order chi connectivity index (χ0) is 19.6. The molecule has 1 aromatic heterocycles. The van der Waals surface area contributed by atoms with E-state index in [2.05, 4.69) is 29.4 Å². The van der Waals surface area contributed by atoms with Gasteiger partial charge in [0.05, 0.1) is 5.52 Å². The summed E-state index contributed by atoms with van der Waals surface area (Å²) >= 11 is 0. The Labute approximate surface area is 157 Å². The average molecular weight is 365 g/mol. The molecular weight excluding hydrogens is 342 g/mol.